The van der Waals surface area contributed by atoms with E-state index in [1.807, 2.05) is 0 Å². The molecule has 3 N–H and O–H groups in total. The summed E-state index contributed by atoms with van der Waals surface area (Å²) in [6.07, 6.45) is 2.71. The minimum Gasteiger partial charge on any atom is -0.376 e. The highest BCUT2D eigenvalue weighted by molar-refractivity contribution is 4.91. The summed E-state index contributed by atoms with van der Waals surface area (Å²) in [4.78, 5) is 0. The van der Waals surface area contributed by atoms with Gasteiger partial charge in [-0.3, -0.25) is 11.3 Å². The van der Waals surface area contributed by atoms with Gasteiger partial charge in [0.1, 0.15) is 0 Å². The van der Waals surface area contributed by atoms with E-state index in [1.54, 1.807) is 0 Å². The van der Waals surface area contributed by atoms with Crippen LogP contribution in [0, 0.1) is 5.92 Å². The molecule has 0 aromatic carbocycles. The van der Waals surface area contributed by atoms with Crippen molar-refractivity contribution >= 4 is 0 Å². The second-order valence-electron chi connectivity index (χ2n) is 3.51. The van der Waals surface area contributed by atoms with Crippen LogP contribution in [-0.4, -0.2) is 32.0 Å². The summed E-state index contributed by atoms with van der Waals surface area (Å²) in [5.74, 6) is 6.17. The third-order valence-electron chi connectivity index (χ3n) is 2.56. The van der Waals surface area contributed by atoms with Crippen molar-refractivity contribution in [3.05, 3.63) is 0 Å². The highest BCUT2D eigenvalue weighted by Gasteiger charge is 2.37. The highest BCUT2D eigenvalue weighted by Crippen LogP contribution is 2.34. The van der Waals surface area contributed by atoms with Gasteiger partial charge < -0.3 is 9.47 Å². The van der Waals surface area contributed by atoms with Crippen LogP contribution in [-0.2, 0) is 9.47 Å². The topological polar surface area (TPSA) is 56.5 Å². The molecule has 1 heterocycles. The van der Waals surface area contributed by atoms with Gasteiger partial charge in [-0.25, -0.2) is 0 Å². The van der Waals surface area contributed by atoms with Gasteiger partial charge >= 0.3 is 0 Å². The summed E-state index contributed by atoms with van der Waals surface area (Å²) >= 11 is 0. The Bertz CT molecular complexity index is 144. The third kappa shape index (κ3) is 1.77. The largest absolute Gasteiger partial charge is 0.376 e. The van der Waals surface area contributed by atoms with Gasteiger partial charge in [0.05, 0.1) is 32.0 Å². The van der Waals surface area contributed by atoms with Crippen LogP contribution in [0.25, 0.3) is 0 Å². The van der Waals surface area contributed by atoms with Gasteiger partial charge in [0.25, 0.3) is 0 Å². The van der Waals surface area contributed by atoms with E-state index >= 15 is 0 Å². The molecule has 70 valence electrons. The Morgan fingerprint density at radius 2 is 2.17 bits per heavy atom. The Balaban J connectivity index is 1.85. The zero-order valence-corrected chi connectivity index (χ0v) is 7.16. The lowest BCUT2D eigenvalue weighted by atomic mass is 10.1. The second kappa shape index (κ2) is 3.70. The monoisotopic (exact) mass is 172 g/mol. The molecule has 2 aliphatic rings. The lowest BCUT2D eigenvalue weighted by Crippen LogP contribution is -2.50. The smallest absolute Gasteiger partial charge is 0.0978 e. The number of nitrogens with one attached hydrogen (secondary N) is 1. The quantitative estimate of drug-likeness (QED) is 0.451. The maximum atomic E-state index is 5.56. The predicted molar refractivity (Wildman–Crippen MR) is 44.4 cm³/mol. The summed E-state index contributed by atoms with van der Waals surface area (Å²) in [5, 5.41) is 0. The molecule has 1 aliphatic heterocycles. The van der Waals surface area contributed by atoms with Crippen LogP contribution in [0.3, 0.4) is 0 Å². The van der Waals surface area contributed by atoms with Crippen molar-refractivity contribution in [2.45, 2.75) is 25.0 Å². The zero-order chi connectivity index (χ0) is 8.39. The first-order valence-corrected chi connectivity index (χ1v) is 4.57. The number of nitrogens with two attached hydrogens (primary N) is 1. The molecule has 2 atom stereocenters. The first kappa shape index (κ1) is 8.44. The fraction of sp³-hybridized carbons (Fsp3) is 1.00. The SMILES string of the molecule is NNC(C1CC1)C1COCCO1. The minimum atomic E-state index is 0.163. The fourth-order valence-electron chi connectivity index (χ4n) is 1.72. The zero-order valence-electron chi connectivity index (χ0n) is 7.16. The normalized spacial score (nSPS) is 33.2. The molecule has 2 unspecified atom stereocenters. The van der Waals surface area contributed by atoms with E-state index in [-0.39, 0.29) is 6.10 Å². The molecule has 0 radical (unpaired) electrons. The number of hydrogen-bond donors (Lipinski definition) is 2. The molecule has 0 bridgehead atoms. The Morgan fingerprint density at radius 1 is 1.33 bits per heavy atom. The molecule has 1 saturated heterocycles. The van der Waals surface area contributed by atoms with Gasteiger partial charge in [0.2, 0.25) is 0 Å². The van der Waals surface area contributed by atoms with Gasteiger partial charge in [-0.2, -0.15) is 0 Å². The molecule has 0 spiro atoms. The van der Waals surface area contributed by atoms with Gasteiger partial charge in [-0.1, -0.05) is 0 Å². The van der Waals surface area contributed by atoms with Crippen molar-refractivity contribution in [3.63, 3.8) is 0 Å². The number of rotatable bonds is 3. The second-order valence-corrected chi connectivity index (χ2v) is 3.51. The minimum absolute atomic E-state index is 0.163. The van der Waals surface area contributed by atoms with Crippen molar-refractivity contribution in [2.75, 3.05) is 19.8 Å². The lowest BCUT2D eigenvalue weighted by Gasteiger charge is -2.29. The number of hydrogen-bond acceptors (Lipinski definition) is 4. The van der Waals surface area contributed by atoms with E-state index in [4.69, 9.17) is 15.3 Å². The van der Waals surface area contributed by atoms with E-state index in [1.165, 1.54) is 12.8 Å². The molecule has 4 heteroatoms. The lowest BCUT2D eigenvalue weighted by molar-refractivity contribution is -0.104. The molecule has 0 aromatic rings. The number of hydrazine groups is 1. The average Bonchev–Trinajstić information content (AvgIpc) is 2.92. The van der Waals surface area contributed by atoms with E-state index in [0.29, 0.717) is 25.2 Å². The highest BCUT2D eigenvalue weighted by atomic mass is 16.6. The van der Waals surface area contributed by atoms with Crippen LogP contribution in [0.1, 0.15) is 12.8 Å². The maximum absolute atomic E-state index is 5.56. The molecular formula is C8H16N2O2. The standard InChI is InChI=1S/C8H16N2O2/c9-10-8(6-1-2-6)7-5-11-3-4-12-7/h6-8,10H,1-5,9H2. The van der Waals surface area contributed by atoms with Crippen LogP contribution < -0.4 is 11.3 Å². The van der Waals surface area contributed by atoms with Crippen molar-refractivity contribution in [1.82, 2.24) is 5.43 Å². The third-order valence-corrected chi connectivity index (χ3v) is 2.56. The molecule has 0 amide bonds. The molecule has 0 aromatic heterocycles. The van der Waals surface area contributed by atoms with E-state index < -0.39 is 0 Å². The van der Waals surface area contributed by atoms with Crippen LogP contribution in [0.2, 0.25) is 0 Å². The van der Waals surface area contributed by atoms with Crippen LogP contribution >= 0.6 is 0 Å². The van der Waals surface area contributed by atoms with E-state index in [9.17, 15) is 0 Å². The van der Waals surface area contributed by atoms with Crippen LogP contribution in [0.15, 0.2) is 0 Å². The van der Waals surface area contributed by atoms with Gasteiger partial charge in [-0.15, -0.1) is 0 Å². The Morgan fingerprint density at radius 3 is 2.67 bits per heavy atom. The molecule has 2 rings (SSSR count). The van der Waals surface area contributed by atoms with Crippen molar-refractivity contribution in [3.8, 4) is 0 Å². The average molecular weight is 172 g/mol. The molecule has 4 nitrogen and oxygen atoms in total. The Labute approximate surface area is 72.4 Å². The van der Waals surface area contributed by atoms with E-state index in [0.717, 1.165) is 6.61 Å². The van der Waals surface area contributed by atoms with Crippen molar-refractivity contribution < 1.29 is 9.47 Å². The van der Waals surface area contributed by atoms with Crippen LogP contribution in [0.5, 0.6) is 0 Å². The summed E-state index contributed by atoms with van der Waals surface area (Å²) < 4.78 is 10.9. The number of ether oxygens (including phenoxy) is 2. The van der Waals surface area contributed by atoms with Gasteiger partial charge in [0.15, 0.2) is 0 Å². The molecule has 1 aliphatic carbocycles. The molecule has 12 heavy (non-hydrogen) atoms. The molecule has 1 saturated carbocycles. The fourth-order valence-corrected chi connectivity index (χ4v) is 1.72. The molecular weight excluding hydrogens is 156 g/mol. The predicted octanol–water partition coefficient (Wildman–Crippen LogP) is -0.356. The van der Waals surface area contributed by atoms with Gasteiger partial charge in [0, 0.05) is 0 Å². The van der Waals surface area contributed by atoms with Crippen molar-refractivity contribution in [1.29, 1.82) is 0 Å². The summed E-state index contributed by atoms with van der Waals surface area (Å²) in [6, 6.07) is 0.297. The van der Waals surface area contributed by atoms with Gasteiger partial charge in [-0.05, 0) is 18.8 Å². The first-order valence-electron chi connectivity index (χ1n) is 4.57. The Hall–Kier alpha value is -0.160. The maximum Gasteiger partial charge on any atom is 0.0978 e. The summed E-state index contributed by atoms with van der Waals surface area (Å²) in [6.45, 7) is 2.11. The van der Waals surface area contributed by atoms with Crippen molar-refractivity contribution in [2.24, 2.45) is 11.8 Å². The van der Waals surface area contributed by atoms with Crippen LogP contribution in [0.4, 0.5) is 0 Å². The summed E-state index contributed by atoms with van der Waals surface area (Å²) in [7, 11) is 0. The summed E-state index contributed by atoms with van der Waals surface area (Å²) in [5.41, 5.74) is 2.83. The van der Waals surface area contributed by atoms with E-state index in [2.05, 4.69) is 5.43 Å². The first-order chi connectivity index (χ1) is 5.92. The Kier molecular flexibility index (Phi) is 2.60. The molecule has 2 fully saturated rings.